The Kier molecular flexibility index (Phi) is 5.42. The molecule has 1 unspecified atom stereocenters. The van der Waals surface area contributed by atoms with E-state index in [1.165, 1.54) is 6.07 Å². The molecule has 0 heterocycles. The van der Waals surface area contributed by atoms with Gasteiger partial charge in [0.25, 0.3) is 0 Å². The van der Waals surface area contributed by atoms with Gasteiger partial charge in [0.15, 0.2) is 0 Å². The maximum Gasteiger partial charge on any atom is 0.124 e. The van der Waals surface area contributed by atoms with Gasteiger partial charge in [-0.3, -0.25) is 0 Å². The third-order valence-corrected chi connectivity index (χ3v) is 2.90. The van der Waals surface area contributed by atoms with E-state index in [4.69, 9.17) is 0 Å². The number of benzene rings is 1. The number of nitrogens with one attached hydrogen (secondary N) is 1. The van der Waals surface area contributed by atoms with Gasteiger partial charge in [0.05, 0.1) is 0 Å². The fourth-order valence-electron chi connectivity index (χ4n) is 1.83. The highest BCUT2D eigenvalue weighted by Crippen LogP contribution is 2.25. The SMILES string of the molecule is CCNC(CC(C)C)c1cc(F)cc(Br)c1. The third kappa shape index (κ3) is 4.22. The summed E-state index contributed by atoms with van der Waals surface area (Å²) in [6.45, 7) is 7.32. The first kappa shape index (κ1) is 13.7. The Labute approximate surface area is 106 Å². The molecular weight excluding hydrogens is 269 g/mol. The molecule has 3 heteroatoms. The largest absolute Gasteiger partial charge is 0.310 e. The van der Waals surface area contributed by atoms with E-state index in [9.17, 15) is 4.39 Å². The van der Waals surface area contributed by atoms with Crippen LogP contribution in [0, 0.1) is 11.7 Å². The van der Waals surface area contributed by atoms with E-state index < -0.39 is 0 Å². The van der Waals surface area contributed by atoms with E-state index in [1.54, 1.807) is 6.07 Å². The molecule has 1 aromatic rings. The second-order valence-electron chi connectivity index (χ2n) is 4.44. The summed E-state index contributed by atoms with van der Waals surface area (Å²) in [4.78, 5) is 0. The Morgan fingerprint density at radius 1 is 1.31 bits per heavy atom. The van der Waals surface area contributed by atoms with Crippen molar-refractivity contribution in [1.29, 1.82) is 0 Å². The molecule has 1 N–H and O–H groups in total. The fraction of sp³-hybridized carbons (Fsp3) is 0.538. The van der Waals surface area contributed by atoms with Crippen molar-refractivity contribution in [2.45, 2.75) is 33.2 Å². The summed E-state index contributed by atoms with van der Waals surface area (Å²) in [6.07, 6.45) is 1.02. The van der Waals surface area contributed by atoms with Gasteiger partial charge < -0.3 is 5.32 Å². The van der Waals surface area contributed by atoms with Crippen molar-refractivity contribution in [3.63, 3.8) is 0 Å². The highest BCUT2D eigenvalue weighted by atomic mass is 79.9. The smallest absolute Gasteiger partial charge is 0.124 e. The lowest BCUT2D eigenvalue weighted by molar-refractivity contribution is 0.436. The summed E-state index contributed by atoms with van der Waals surface area (Å²) in [5.41, 5.74) is 1.02. The molecule has 0 aliphatic carbocycles. The van der Waals surface area contributed by atoms with Gasteiger partial charge in [-0.05, 0) is 42.6 Å². The number of halogens is 2. The quantitative estimate of drug-likeness (QED) is 0.852. The van der Waals surface area contributed by atoms with Gasteiger partial charge >= 0.3 is 0 Å². The summed E-state index contributed by atoms with van der Waals surface area (Å²) in [7, 11) is 0. The van der Waals surface area contributed by atoms with Crippen molar-refractivity contribution in [1.82, 2.24) is 5.32 Å². The van der Waals surface area contributed by atoms with Crippen LogP contribution in [0.4, 0.5) is 4.39 Å². The van der Waals surface area contributed by atoms with Gasteiger partial charge in [0.1, 0.15) is 5.82 Å². The van der Waals surface area contributed by atoms with Crippen LogP contribution in [0.3, 0.4) is 0 Å². The van der Waals surface area contributed by atoms with Crippen molar-refractivity contribution >= 4 is 15.9 Å². The van der Waals surface area contributed by atoms with Crippen LogP contribution in [0.1, 0.15) is 38.8 Å². The number of hydrogen-bond donors (Lipinski definition) is 1. The monoisotopic (exact) mass is 287 g/mol. The number of hydrogen-bond acceptors (Lipinski definition) is 1. The molecule has 0 aliphatic rings. The molecule has 1 atom stereocenters. The predicted octanol–water partition coefficient (Wildman–Crippen LogP) is 4.28. The number of rotatable bonds is 5. The van der Waals surface area contributed by atoms with E-state index in [0.717, 1.165) is 23.0 Å². The minimum atomic E-state index is -0.184. The van der Waals surface area contributed by atoms with Crippen molar-refractivity contribution in [3.05, 3.63) is 34.1 Å². The second-order valence-corrected chi connectivity index (χ2v) is 5.36. The van der Waals surface area contributed by atoms with Crippen LogP contribution >= 0.6 is 15.9 Å². The van der Waals surface area contributed by atoms with Crippen molar-refractivity contribution in [2.24, 2.45) is 5.92 Å². The minimum absolute atomic E-state index is 0.184. The maximum absolute atomic E-state index is 13.3. The molecule has 0 fully saturated rings. The van der Waals surface area contributed by atoms with Crippen LogP contribution in [-0.4, -0.2) is 6.54 Å². The Hall–Kier alpha value is -0.410. The van der Waals surface area contributed by atoms with E-state index in [-0.39, 0.29) is 11.9 Å². The minimum Gasteiger partial charge on any atom is -0.310 e. The maximum atomic E-state index is 13.3. The Balaban J connectivity index is 2.90. The first-order valence-corrected chi connectivity index (χ1v) is 6.51. The molecule has 0 aliphatic heterocycles. The van der Waals surface area contributed by atoms with Crippen LogP contribution in [0.15, 0.2) is 22.7 Å². The summed E-state index contributed by atoms with van der Waals surface area (Å²) in [5, 5.41) is 3.40. The first-order chi connectivity index (χ1) is 7.52. The van der Waals surface area contributed by atoms with E-state index in [1.807, 2.05) is 6.07 Å². The van der Waals surface area contributed by atoms with Gasteiger partial charge in [0, 0.05) is 10.5 Å². The standard InChI is InChI=1S/C13H19BrFN/c1-4-16-13(5-9(2)3)10-6-11(14)8-12(15)7-10/h6-9,13,16H,4-5H2,1-3H3. The molecule has 0 saturated carbocycles. The lowest BCUT2D eigenvalue weighted by atomic mass is 9.97. The molecule has 90 valence electrons. The molecule has 0 amide bonds. The van der Waals surface area contributed by atoms with Gasteiger partial charge in [0.2, 0.25) is 0 Å². The Morgan fingerprint density at radius 3 is 2.50 bits per heavy atom. The Morgan fingerprint density at radius 2 is 2.00 bits per heavy atom. The van der Waals surface area contributed by atoms with E-state index in [0.29, 0.717) is 5.92 Å². The molecule has 16 heavy (non-hydrogen) atoms. The summed E-state index contributed by atoms with van der Waals surface area (Å²) in [5.74, 6) is 0.405. The molecule has 1 aromatic carbocycles. The third-order valence-electron chi connectivity index (χ3n) is 2.44. The van der Waals surface area contributed by atoms with Crippen molar-refractivity contribution < 1.29 is 4.39 Å². The van der Waals surface area contributed by atoms with Gasteiger partial charge in [-0.1, -0.05) is 36.7 Å². The normalized spacial score (nSPS) is 13.1. The van der Waals surface area contributed by atoms with E-state index >= 15 is 0 Å². The predicted molar refractivity (Wildman–Crippen MR) is 70.0 cm³/mol. The molecule has 0 spiro atoms. The van der Waals surface area contributed by atoms with Gasteiger partial charge in [-0.15, -0.1) is 0 Å². The summed E-state index contributed by atoms with van der Waals surface area (Å²) >= 11 is 3.33. The summed E-state index contributed by atoms with van der Waals surface area (Å²) in [6, 6.07) is 5.32. The molecule has 0 aromatic heterocycles. The van der Waals surface area contributed by atoms with Crippen LogP contribution in [0.25, 0.3) is 0 Å². The van der Waals surface area contributed by atoms with Crippen molar-refractivity contribution in [3.8, 4) is 0 Å². The second kappa shape index (κ2) is 6.36. The first-order valence-electron chi connectivity index (χ1n) is 5.72. The Bertz CT molecular complexity index is 318. The van der Waals surface area contributed by atoms with E-state index in [2.05, 4.69) is 42.0 Å². The van der Waals surface area contributed by atoms with Crippen LogP contribution in [0.2, 0.25) is 0 Å². The van der Waals surface area contributed by atoms with Gasteiger partial charge in [-0.2, -0.15) is 0 Å². The van der Waals surface area contributed by atoms with Gasteiger partial charge in [-0.25, -0.2) is 4.39 Å². The van der Waals surface area contributed by atoms with Crippen LogP contribution < -0.4 is 5.32 Å². The molecule has 0 radical (unpaired) electrons. The summed E-state index contributed by atoms with van der Waals surface area (Å²) < 4.78 is 14.1. The highest BCUT2D eigenvalue weighted by Gasteiger charge is 2.13. The lowest BCUT2D eigenvalue weighted by Crippen LogP contribution is -2.22. The molecule has 0 bridgehead atoms. The highest BCUT2D eigenvalue weighted by molar-refractivity contribution is 9.10. The molecular formula is C13H19BrFN. The molecule has 1 rings (SSSR count). The average Bonchev–Trinajstić information content (AvgIpc) is 2.14. The molecule has 0 saturated heterocycles. The topological polar surface area (TPSA) is 12.0 Å². The fourth-order valence-corrected chi connectivity index (χ4v) is 2.31. The zero-order valence-electron chi connectivity index (χ0n) is 10.1. The zero-order chi connectivity index (χ0) is 12.1. The van der Waals surface area contributed by atoms with Crippen LogP contribution in [-0.2, 0) is 0 Å². The van der Waals surface area contributed by atoms with Crippen LogP contribution in [0.5, 0.6) is 0 Å². The molecule has 1 nitrogen and oxygen atoms in total. The lowest BCUT2D eigenvalue weighted by Gasteiger charge is -2.20. The van der Waals surface area contributed by atoms with Crippen molar-refractivity contribution in [2.75, 3.05) is 6.54 Å². The zero-order valence-corrected chi connectivity index (χ0v) is 11.6. The average molecular weight is 288 g/mol.